The summed E-state index contributed by atoms with van der Waals surface area (Å²) in [5.74, 6) is 0.368. The van der Waals surface area contributed by atoms with E-state index in [0.717, 1.165) is 12.1 Å². The van der Waals surface area contributed by atoms with Gasteiger partial charge in [-0.25, -0.2) is 0 Å². The zero-order valence-electron chi connectivity index (χ0n) is 8.17. The molecule has 1 aromatic rings. The van der Waals surface area contributed by atoms with Crippen LogP contribution in [-0.2, 0) is 6.18 Å². The minimum Gasteiger partial charge on any atom is -0.391 e. The summed E-state index contributed by atoms with van der Waals surface area (Å²) < 4.78 is 37.1. The molecule has 6 heteroatoms. The molecule has 1 nitrogen and oxygen atoms in total. The molecule has 0 amide bonds. The molecule has 0 spiro atoms. The van der Waals surface area contributed by atoms with Crippen molar-refractivity contribution in [2.45, 2.75) is 17.2 Å². The highest BCUT2D eigenvalue weighted by molar-refractivity contribution is 9.09. The van der Waals surface area contributed by atoms with Crippen LogP contribution >= 0.6 is 27.7 Å². The summed E-state index contributed by atoms with van der Waals surface area (Å²) in [7, 11) is 0. The van der Waals surface area contributed by atoms with Crippen molar-refractivity contribution in [2.24, 2.45) is 0 Å². The lowest BCUT2D eigenvalue weighted by Gasteiger charge is -2.09. The summed E-state index contributed by atoms with van der Waals surface area (Å²) in [5.41, 5.74) is -0.661. The minimum absolute atomic E-state index is 0.368. The van der Waals surface area contributed by atoms with E-state index in [1.165, 1.54) is 17.8 Å². The fraction of sp³-hybridized carbons (Fsp3) is 0.400. The molecular weight excluding hydrogens is 305 g/mol. The molecule has 0 saturated heterocycles. The molecule has 0 saturated carbocycles. The highest BCUT2D eigenvalue weighted by Crippen LogP contribution is 2.31. The third kappa shape index (κ3) is 4.35. The van der Waals surface area contributed by atoms with Crippen molar-refractivity contribution in [2.75, 3.05) is 11.1 Å². The summed E-state index contributed by atoms with van der Waals surface area (Å²) in [5, 5.41) is 9.67. The van der Waals surface area contributed by atoms with Crippen LogP contribution < -0.4 is 0 Å². The molecule has 0 aliphatic carbocycles. The first-order valence-corrected chi connectivity index (χ1v) is 6.58. The molecule has 1 rings (SSSR count). The lowest BCUT2D eigenvalue weighted by Crippen LogP contribution is -2.11. The summed E-state index contributed by atoms with van der Waals surface area (Å²) in [4.78, 5) is 0.509. The smallest absolute Gasteiger partial charge is 0.391 e. The summed E-state index contributed by atoms with van der Waals surface area (Å²) in [6.45, 7) is 0. The van der Waals surface area contributed by atoms with Gasteiger partial charge in [0.1, 0.15) is 0 Å². The average Bonchev–Trinajstić information content (AvgIpc) is 2.25. The van der Waals surface area contributed by atoms with Crippen LogP contribution in [0.4, 0.5) is 13.2 Å². The fourth-order valence-electron chi connectivity index (χ4n) is 0.999. The summed E-state index contributed by atoms with van der Waals surface area (Å²) in [6.07, 6.45) is -4.87. The number of hydrogen-bond acceptors (Lipinski definition) is 2. The molecule has 1 aromatic carbocycles. The van der Waals surface area contributed by atoms with Gasteiger partial charge in [0.25, 0.3) is 0 Å². The van der Waals surface area contributed by atoms with Crippen molar-refractivity contribution in [1.29, 1.82) is 0 Å². The molecule has 90 valence electrons. The van der Waals surface area contributed by atoms with Gasteiger partial charge in [0.15, 0.2) is 0 Å². The zero-order chi connectivity index (χ0) is 12.2. The first-order chi connectivity index (χ1) is 7.43. The topological polar surface area (TPSA) is 20.2 Å². The molecule has 16 heavy (non-hydrogen) atoms. The predicted molar refractivity (Wildman–Crippen MR) is 62.0 cm³/mol. The van der Waals surface area contributed by atoms with Crippen LogP contribution in [0, 0.1) is 0 Å². The molecule has 1 atom stereocenters. The van der Waals surface area contributed by atoms with E-state index in [1.54, 1.807) is 6.07 Å². The second kappa shape index (κ2) is 5.93. The molecule has 0 fully saturated rings. The predicted octanol–water partition coefficient (Wildman–Crippen LogP) is 3.55. The minimum atomic E-state index is -4.31. The number of alkyl halides is 4. The molecule has 0 heterocycles. The van der Waals surface area contributed by atoms with Crippen LogP contribution in [-0.4, -0.2) is 22.3 Å². The van der Waals surface area contributed by atoms with Crippen LogP contribution in [0.15, 0.2) is 29.2 Å². The maximum absolute atomic E-state index is 12.4. The monoisotopic (exact) mass is 314 g/mol. The second-order valence-electron chi connectivity index (χ2n) is 3.14. The van der Waals surface area contributed by atoms with Gasteiger partial charge in [0.2, 0.25) is 0 Å². The lowest BCUT2D eigenvalue weighted by atomic mass is 10.2. The number of aliphatic hydroxyl groups is 1. The number of aliphatic hydroxyl groups excluding tert-OH is 1. The van der Waals surface area contributed by atoms with E-state index in [2.05, 4.69) is 15.9 Å². The highest BCUT2D eigenvalue weighted by atomic mass is 79.9. The maximum Gasteiger partial charge on any atom is 0.416 e. The third-order valence-electron chi connectivity index (χ3n) is 1.78. The van der Waals surface area contributed by atoms with E-state index >= 15 is 0 Å². The summed E-state index contributed by atoms with van der Waals surface area (Å²) in [6, 6.07) is 5.09. The quantitative estimate of drug-likeness (QED) is 0.677. The van der Waals surface area contributed by atoms with Gasteiger partial charge >= 0.3 is 6.18 Å². The van der Waals surface area contributed by atoms with Gasteiger partial charge < -0.3 is 5.11 Å². The number of rotatable bonds is 4. The maximum atomic E-state index is 12.4. The Bertz CT molecular complexity index is 343. The lowest BCUT2D eigenvalue weighted by molar-refractivity contribution is -0.137. The van der Waals surface area contributed by atoms with Crippen molar-refractivity contribution in [3.05, 3.63) is 29.8 Å². The molecule has 0 radical (unpaired) electrons. The van der Waals surface area contributed by atoms with Crippen LogP contribution in [0.2, 0.25) is 0 Å². The van der Waals surface area contributed by atoms with Gasteiger partial charge in [-0.05, 0) is 18.2 Å². The van der Waals surface area contributed by atoms with E-state index in [-0.39, 0.29) is 0 Å². The van der Waals surface area contributed by atoms with Gasteiger partial charge in [-0.1, -0.05) is 22.0 Å². The third-order valence-corrected chi connectivity index (χ3v) is 3.67. The number of thioether (sulfide) groups is 1. The number of halogens is 4. The molecule has 0 aliphatic rings. The van der Waals surface area contributed by atoms with E-state index in [4.69, 9.17) is 0 Å². The Morgan fingerprint density at radius 1 is 1.38 bits per heavy atom. The standard InChI is InChI=1S/C10H10BrF3OS/c11-5-8(15)6-16-9-3-1-2-7(4-9)10(12,13)14/h1-4,8,15H,5-6H2. The fourth-order valence-corrected chi connectivity index (χ4v) is 2.42. The van der Waals surface area contributed by atoms with E-state index < -0.39 is 17.8 Å². The molecular formula is C10H10BrF3OS. The van der Waals surface area contributed by atoms with E-state index in [9.17, 15) is 18.3 Å². The van der Waals surface area contributed by atoms with Gasteiger partial charge in [0.05, 0.1) is 11.7 Å². The Balaban J connectivity index is 2.68. The largest absolute Gasteiger partial charge is 0.416 e. The van der Waals surface area contributed by atoms with Gasteiger partial charge in [-0.3, -0.25) is 0 Å². The Morgan fingerprint density at radius 2 is 2.06 bits per heavy atom. The first kappa shape index (κ1) is 13.9. The van der Waals surface area contributed by atoms with Crippen LogP contribution in [0.3, 0.4) is 0 Å². The van der Waals surface area contributed by atoms with Crippen molar-refractivity contribution in [1.82, 2.24) is 0 Å². The molecule has 1 N–H and O–H groups in total. The Labute approximate surface area is 104 Å². The zero-order valence-corrected chi connectivity index (χ0v) is 10.6. The second-order valence-corrected chi connectivity index (χ2v) is 4.89. The van der Waals surface area contributed by atoms with Crippen molar-refractivity contribution in [3.63, 3.8) is 0 Å². The number of benzene rings is 1. The van der Waals surface area contributed by atoms with Crippen LogP contribution in [0.1, 0.15) is 5.56 Å². The highest BCUT2D eigenvalue weighted by Gasteiger charge is 2.30. The van der Waals surface area contributed by atoms with E-state index in [0.29, 0.717) is 16.0 Å². The van der Waals surface area contributed by atoms with Gasteiger partial charge in [0, 0.05) is 16.0 Å². The number of hydrogen-bond donors (Lipinski definition) is 1. The average molecular weight is 315 g/mol. The molecule has 1 unspecified atom stereocenters. The Morgan fingerprint density at radius 3 is 2.62 bits per heavy atom. The first-order valence-electron chi connectivity index (χ1n) is 4.47. The van der Waals surface area contributed by atoms with Crippen LogP contribution in [0.25, 0.3) is 0 Å². The van der Waals surface area contributed by atoms with Gasteiger partial charge in [-0.2, -0.15) is 13.2 Å². The van der Waals surface area contributed by atoms with Gasteiger partial charge in [-0.15, -0.1) is 11.8 Å². The van der Waals surface area contributed by atoms with Crippen molar-refractivity contribution >= 4 is 27.7 Å². The van der Waals surface area contributed by atoms with Crippen LogP contribution in [0.5, 0.6) is 0 Å². The summed E-state index contributed by atoms with van der Waals surface area (Å²) >= 11 is 4.29. The van der Waals surface area contributed by atoms with E-state index in [1.807, 2.05) is 0 Å². The molecule has 0 aromatic heterocycles. The van der Waals surface area contributed by atoms with Crippen molar-refractivity contribution < 1.29 is 18.3 Å². The molecule has 0 aliphatic heterocycles. The Hall–Kier alpha value is -0.200. The molecule has 0 bridgehead atoms. The normalized spacial score (nSPS) is 13.8. The Kier molecular flexibility index (Phi) is 5.14. The SMILES string of the molecule is OC(CBr)CSc1cccc(C(F)(F)F)c1. The van der Waals surface area contributed by atoms with Crippen molar-refractivity contribution in [3.8, 4) is 0 Å².